The molecule has 1 fully saturated rings. The van der Waals surface area contributed by atoms with E-state index >= 15 is 0 Å². The van der Waals surface area contributed by atoms with Gasteiger partial charge in [0.15, 0.2) is 5.96 Å². The van der Waals surface area contributed by atoms with E-state index in [1.165, 1.54) is 10.9 Å². The number of aromatic amines is 1. The van der Waals surface area contributed by atoms with Gasteiger partial charge in [-0.2, -0.15) is 0 Å². The van der Waals surface area contributed by atoms with Crippen LogP contribution < -0.4 is 15.0 Å². The smallest absolute Gasteiger partial charge is 0.194 e. The van der Waals surface area contributed by atoms with Gasteiger partial charge in [-0.15, -0.1) is 24.0 Å². The predicted molar refractivity (Wildman–Crippen MR) is 131 cm³/mol. The summed E-state index contributed by atoms with van der Waals surface area (Å²) in [6, 6.07) is 18.7. The Balaban J connectivity index is 0.00000240. The minimum atomic E-state index is 0. The van der Waals surface area contributed by atoms with Crippen molar-refractivity contribution in [3.63, 3.8) is 0 Å². The number of rotatable bonds is 4. The van der Waals surface area contributed by atoms with Crippen LogP contribution in [-0.2, 0) is 6.54 Å². The van der Waals surface area contributed by atoms with Crippen LogP contribution in [0.5, 0.6) is 5.75 Å². The number of methoxy groups -OCH3 is 1. The molecule has 3 aromatic rings. The number of hydrogen-bond acceptors (Lipinski definition) is 3. The molecule has 2 heterocycles. The van der Waals surface area contributed by atoms with Gasteiger partial charge in [0.25, 0.3) is 0 Å². The maximum Gasteiger partial charge on any atom is 0.194 e. The van der Waals surface area contributed by atoms with E-state index in [2.05, 4.69) is 67.6 Å². The summed E-state index contributed by atoms with van der Waals surface area (Å²) in [4.78, 5) is 12.6. The summed E-state index contributed by atoms with van der Waals surface area (Å²) in [5.41, 5.74) is 3.49. The molecule has 1 saturated heterocycles. The van der Waals surface area contributed by atoms with Crippen molar-refractivity contribution in [3.8, 4) is 5.75 Å². The fourth-order valence-electron chi connectivity index (χ4n) is 3.79. The van der Waals surface area contributed by atoms with Gasteiger partial charge < -0.3 is 24.8 Å². The van der Waals surface area contributed by atoms with E-state index in [0.717, 1.165) is 55.8 Å². The number of piperazine rings is 1. The second kappa shape index (κ2) is 9.87. The Morgan fingerprint density at radius 1 is 1.07 bits per heavy atom. The van der Waals surface area contributed by atoms with Crippen molar-refractivity contribution in [2.45, 2.75) is 6.54 Å². The molecular weight excluding hydrogens is 477 g/mol. The van der Waals surface area contributed by atoms with Crippen molar-refractivity contribution in [3.05, 3.63) is 60.3 Å². The number of benzene rings is 2. The molecule has 0 radical (unpaired) electrons. The summed E-state index contributed by atoms with van der Waals surface area (Å²) in [5, 5.41) is 4.73. The van der Waals surface area contributed by atoms with Gasteiger partial charge in [-0.1, -0.05) is 30.3 Å². The van der Waals surface area contributed by atoms with E-state index in [0.29, 0.717) is 0 Å². The number of H-pyrrole nitrogens is 1. The SMILES string of the molecule is CN=C(NCc1cc2ccccc2[nH]1)N1CCN(c2ccccc2OC)CC1.I. The van der Waals surface area contributed by atoms with Crippen LogP contribution in [0.2, 0.25) is 0 Å². The number of nitrogens with zero attached hydrogens (tertiary/aromatic N) is 3. The van der Waals surface area contributed by atoms with Crippen LogP contribution in [0.25, 0.3) is 10.9 Å². The molecule has 154 valence electrons. The summed E-state index contributed by atoms with van der Waals surface area (Å²) < 4.78 is 5.51. The lowest BCUT2D eigenvalue weighted by atomic mass is 10.2. The minimum absolute atomic E-state index is 0. The van der Waals surface area contributed by atoms with Crippen molar-refractivity contribution in [2.24, 2.45) is 4.99 Å². The van der Waals surface area contributed by atoms with Crippen LogP contribution in [0.4, 0.5) is 5.69 Å². The zero-order valence-electron chi connectivity index (χ0n) is 16.9. The quantitative estimate of drug-likeness (QED) is 0.323. The van der Waals surface area contributed by atoms with Crippen molar-refractivity contribution in [2.75, 3.05) is 45.2 Å². The van der Waals surface area contributed by atoms with Gasteiger partial charge >= 0.3 is 0 Å². The maximum atomic E-state index is 5.51. The molecule has 6 nitrogen and oxygen atoms in total. The van der Waals surface area contributed by atoms with Gasteiger partial charge in [0.2, 0.25) is 0 Å². The molecule has 2 N–H and O–H groups in total. The highest BCUT2D eigenvalue weighted by molar-refractivity contribution is 14.0. The van der Waals surface area contributed by atoms with Gasteiger partial charge in [0, 0.05) is 44.4 Å². The number of aliphatic imine (C=N–C) groups is 1. The van der Waals surface area contributed by atoms with Crippen LogP contribution in [0, 0.1) is 0 Å². The number of nitrogens with one attached hydrogen (secondary N) is 2. The third-order valence-electron chi connectivity index (χ3n) is 5.24. The maximum absolute atomic E-state index is 5.51. The summed E-state index contributed by atoms with van der Waals surface area (Å²) in [6.45, 7) is 4.45. The van der Waals surface area contributed by atoms with Crippen LogP contribution in [0.1, 0.15) is 5.69 Å². The first kappa shape index (κ1) is 21.3. The number of anilines is 1. The highest BCUT2D eigenvalue weighted by Gasteiger charge is 2.21. The second-order valence-corrected chi connectivity index (χ2v) is 6.93. The third kappa shape index (κ3) is 4.77. The molecule has 0 bridgehead atoms. The number of para-hydroxylation sites is 3. The van der Waals surface area contributed by atoms with Crippen LogP contribution >= 0.6 is 24.0 Å². The highest BCUT2D eigenvalue weighted by atomic mass is 127. The van der Waals surface area contributed by atoms with Crippen LogP contribution in [0.3, 0.4) is 0 Å². The average molecular weight is 505 g/mol. The molecule has 29 heavy (non-hydrogen) atoms. The number of hydrogen-bond donors (Lipinski definition) is 2. The fourth-order valence-corrected chi connectivity index (χ4v) is 3.79. The third-order valence-corrected chi connectivity index (χ3v) is 5.24. The Bertz CT molecular complexity index is 930. The molecule has 2 aromatic carbocycles. The molecule has 1 aliphatic rings. The Labute approximate surface area is 189 Å². The van der Waals surface area contributed by atoms with E-state index in [4.69, 9.17) is 4.74 Å². The first-order valence-electron chi connectivity index (χ1n) is 9.68. The van der Waals surface area contributed by atoms with Crippen molar-refractivity contribution < 1.29 is 4.74 Å². The topological polar surface area (TPSA) is 55.9 Å². The molecular formula is C22H28IN5O. The molecule has 0 spiro atoms. The number of ether oxygens (including phenoxy) is 1. The van der Waals surface area contributed by atoms with Crippen LogP contribution in [0.15, 0.2) is 59.6 Å². The zero-order valence-corrected chi connectivity index (χ0v) is 19.2. The van der Waals surface area contributed by atoms with Gasteiger partial charge in [0.05, 0.1) is 19.3 Å². The van der Waals surface area contributed by atoms with Gasteiger partial charge in [-0.25, -0.2) is 0 Å². The molecule has 4 rings (SSSR count). The van der Waals surface area contributed by atoms with Crippen LogP contribution in [-0.4, -0.2) is 56.2 Å². The fraction of sp³-hybridized carbons (Fsp3) is 0.318. The van der Waals surface area contributed by atoms with Gasteiger partial charge in [0.1, 0.15) is 5.75 Å². The molecule has 1 aromatic heterocycles. The van der Waals surface area contributed by atoms with E-state index in [9.17, 15) is 0 Å². The molecule has 0 saturated carbocycles. The zero-order chi connectivity index (χ0) is 19.3. The molecule has 0 amide bonds. The Morgan fingerprint density at radius 3 is 2.52 bits per heavy atom. The first-order valence-corrected chi connectivity index (χ1v) is 9.68. The van der Waals surface area contributed by atoms with Crippen molar-refractivity contribution in [1.82, 2.24) is 15.2 Å². The summed E-state index contributed by atoms with van der Waals surface area (Å²) in [5.74, 6) is 1.87. The van der Waals surface area contributed by atoms with E-state index in [-0.39, 0.29) is 24.0 Å². The lowest BCUT2D eigenvalue weighted by Gasteiger charge is -2.38. The normalized spacial score (nSPS) is 14.6. The lowest BCUT2D eigenvalue weighted by molar-refractivity contribution is 0.367. The standard InChI is InChI=1S/C22H27N5O.HI/c1-23-22(24-16-18-15-17-7-3-4-8-19(17)25-18)27-13-11-26(12-14-27)20-9-5-6-10-21(20)28-2;/h3-10,15,25H,11-14,16H2,1-2H3,(H,23,24);1H. The predicted octanol–water partition coefficient (Wildman–Crippen LogP) is 3.69. The minimum Gasteiger partial charge on any atom is -0.495 e. The molecule has 0 aliphatic carbocycles. The average Bonchev–Trinajstić information content (AvgIpc) is 3.17. The lowest BCUT2D eigenvalue weighted by Crippen LogP contribution is -2.52. The first-order chi connectivity index (χ1) is 13.8. The summed E-state index contributed by atoms with van der Waals surface area (Å²) in [7, 11) is 3.57. The Morgan fingerprint density at radius 2 is 1.79 bits per heavy atom. The number of aromatic nitrogens is 1. The van der Waals surface area contributed by atoms with E-state index < -0.39 is 0 Å². The summed E-state index contributed by atoms with van der Waals surface area (Å²) >= 11 is 0. The van der Waals surface area contributed by atoms with Gasteiger partial charge in [-0.3, -0.25) is 4.99 Å². The largest absolute Gasteiger partial charge is 0.495 e. The molecule has 0 unspecified atom stereocenters. The van der Waals surface area contributed by atoms with E-state index in [1.54, 1.807) is 7.11 Å². The Hall–Kier alpha value is -2.42. The number of fused-ring (bicyclic) bond motifs is 1. The molecule has 0 atom stereocenters. The van der Waals surface area contributed by atoms with E-state index in [1.807, 2.05) is 19.2 Å². The number of guanidine groups is 1. The van der Waals surface area contributed by atoms with Gasteiger partial charge in [-0.05, 0) is 29.7 Å². The summed E-state index contributed by atoms with van der Waals surface area (Å²) in [6.07, 6.45) is 0. The molecule has 1 aliphatic heterocycles. The molecule has 7 heteroatoms. The van der Waals surface area contributed by atoms with Crippen molar-refractivity contribution in [1.29, 1.82) is 0 Å². The number of halogens is 1. The Kier molecular flexibility index (Phi) is 7.24. The second-order valence-electron chi connectivity index (χ2n) is 6.93. The van der Waals surface area contributed by atoms with Crippen molar-refractivity contribution >= 4 is 46.5 Å². The monoisotopic (exact) mass is 505 g/mol. The highest BCUT2D eigenvalue weighted by Crippen LogP contribution is 2.28.